The SMILES string of the molecule is Cc1ccc2nc(-c3ccc(NC(=O)N/C=C/c4cccc(F)c4)cc3)sc2c1. The summed E-state index contributed by atoms with van der Waals surface area (Å²) >= 11 is 1.65. The molecule has 0 aliphatic rings. The van der Waals surface area contributed by atoms with Crippen LogP contribution in [0.25, 0.3) is 26.9 Å². The van der Waals surface area contributed by atoms with Crippen molar-refractivity contribution in [3.63, 3.8) is 0 Å². The van der Waals surface area contributed by atoms with Crippen molar-refractivity contribution in [3.05, 3.63) is 89.9 Å². The van der Waals surface area contributed by atoms with Gasteiger partial charge in [0.15, 0.2) is 0 Å². The van der Waals surface area contributed by atoms with E-state index in [2.05, 4.69) is 34.7 Å². The molecule has 0 fully saturated rings. The minimum atomic E-state index is -0.374. The number of halogens is 1. The first-order valence-electron chi connectivity index (χ1n) is 9.04. The second-order valence-corrected chi connectivity index (χ2v) is 7.58. The van der Waals surface area contributed by atoms with Crippen molar-refractivity contribution in [1.82, 2.24) is 10.3 Å². The van der Waals surface area contributed by atoms with Gasteiger partial charge in [-0.1, -0.05) is 18.2 Å². The molecule has 0 atom stereocenters. The van der Waals surface area contributed by atoms with Crippen LogP contribution in [-0.4, -0.2) is 11.0 Å². The van der Waals surface area contributed by atoms with Crippen LogP contribution in [0.3, 0.4) is 0 Å². The first-order chi connectivity index (χ1) is 14.1. The summed E-state index contributed by atoms with van der Waals surface area (Å²) in [6, 6.07) is 19.5. The minimum absolute atomic E-state index is 0.319. The molecule has 2 amide bonds. The highest BCUT2D eigenvalue weighted by atomic mass is 32.1. The molecular formula is C23H18FN3OS. The fourth-order valence-corrected chi connectivity index (χ4v) is 3.91. The molecule has 0 aliphatic heterocycles. The number of amides is 2. The van der Waals surface area contributed by atoms with Gasteiger partial charge in [-0.2, -0.15) is 0 Å². The molecule has 4 aromatic rings. The molecule has 29 heavy (non-hydrogen) atoms. The van der Waals surface area contributed by atoms with E-state index in [1.807, 2.05) is 30.3 Å². The van der Waals surface area contributed by atoms with Crippen LogP contribution in [-0.2, 0) is 0 Å². The second kappa shape index (κ2) is 8.24. The summed E-state index contributed by atoms with van der Waals surface area (Å²) in [4.78, 5) is 16.7. The van der Waals surface area contributed by atoms with Crippen LogP contribution < -0.4 is 10.6 Å². The number of thiazole rings is 1. The fraction of sp³-hybridized carbons (Fsp3) is 0.0435. The van der Waals surface area contributed by atoms with Gasteiger partial charge < -0.3 is 10.6 Å². The van der Waals surface area contributed by atoms with E-state index in [1.54, 1.807) is 29.5 Å². The molecule has 0 radical (unpaired) electrons. The van der Waals surface area contributed by atoms with Crippen LogP contribution in [0, 0.1) is 12.7 Å². The summed E-state index contributed by atoms with van der Waals surface area (Å²) in [6.07, 6.45) is 3.10. The van der Waals surface area contributed by atoms with Gasteiger partial charge in [0.25, 0.3) is 0 Å². The first kappa shape index (κ1) is 18.8. The molecule has 0 aliphatic carbocycles. The van der Waals surface area contributed by atoms with Crippen molar-refractivity contribution in [3.8, 4) is 10.6 Å². The van der Waals surface area contributed by atoms with Gasteiger partial charge in [-0.15, -0.1) is 11.3 Å². The van der Waals surface area contributed by atoms with Crippen molar-refractivity contribution < 1.29 is 9.18 Å². The Kier molecular flexibility index (Phi) is 5.35. The van der Waals surface area contributed by atoms with Crippen molar-refractivity contribution >= 4 is 39.3 Å². The van der Waals surface area contributed by atoms with Crippen molar-refractivity contribution in [1.29, 1.82) is 0 Å². The third-order valence-electron chi connectivity index (χ3n) is 4.27. The first-order valence-corrected chi connectivity index (χ1v) is 9.86. The van der Waals surface area contributed by atoms with Crippen LogP contribution in [0.15, 0.2) is 72.9 Å². The average Bonchev–Trinajstić information content (AvgIpc) is 3.12. The smallest absolute Gasteiger partial charge is 0.314 e. The van der Waals surface area contributed by atoms with Gasteiger partial charge in [0.1, 0.15) is 10.8 Å². The van der Waals surface area contributed by atoms with Crippen molar-refractivity contribution in [2.24, 2.45) is 0 Å². The highest BCUT2D eigenvalue weighted by Crippen LogP contribution is 2.31. The third-order valence-corrected chi connectivity index (χ3v) is 5.34. The maximum atomic E-state index is 13.1. The number of benzene rings is 3. The third kappa shape index (κ3) is 4.67. The van der Waals surface area contributed by atoms with Crippen LogP contribution >= 0.6 is 11.3 Å². The Bertz CT molecular complexity index is 1200. The molecule has 0 spiro atoms. The number of anilines is 1. The van der Waals surface area contributed by atoms with E-state index in [0.29, 0.717) is 11.3 Å². The minimum Gasteiger partial charge on any atom is -0.314 e. The molecule has 144 valence electrons. The van der Waals surface area contributed by atoms with Gasteiger partial charge in [-0.05, 0) is 72.7 Å². The molecule has 6 heteroatoms. The zero-order valence-corrected chi connectivity index (χ0v) is 16.5. The Hall–Kier alpha value is -3.51. The van der Waals surface area contributed by atoms with Crippen molar-refractivity contribution in [2.75, 3.05) is 5.32 Å². The standard InChI is InChI=1S/C23H18FN3OS/c1-15-5-10-20-21(13-15)29-22(27-20)17-6-8-19(9-7-17)26-23(28)25-12-11-16-3-2-4-18(24)14-16/h2-14H,1H3,(H2,25,26,28)/b12-11+. The largest absolute Gasteiger partial charge is 0.323 e. The molecule has 0 unspecified atom stereocenters. The molecule has 2 N–H and O–H groups in total. The van der Waals surface area contributed by atoms with E-state index in [1.165, 1.54) is 23.9 Å². The van der Waals surface area contributed by atoms with Crippen LogP contribution in [0.1, 0.15) is 11.1 Å². The number of urea groups is 1. The lowest BCUT2D eigenvalue weighted by molar-refractivity contribution is 0.255. The number of carbonyl (C=O) groups is 1. The van der Waals surface area contributed by atoms with E-state index >= 15 is 0 Å². The summed E-state index contributed by atoms with van der Waals surface area (Å²) in [6.45, 7) is 2.07. The monoisotopic (exact) mass is 403 g/mol. The predicted octanol–water partition coefficient (Wildman–Crippen LogP) is 6.20. The number of hydrogen-bond donors (Lipinski definition) is 2. The average molecular weight is 403 g/mol. The Morgan fingerprint density at radius 1 is 1.07 bits per heavy atom. The molecule has 4 nitrogen and oxygen atoms in total. The highest BCUT2D eigenvalue weighted by molar-refractivity contribution is 7.21. The lowest BCUT2D eigenvalue weighted by Crippen LogP contribution is -2.23. The fourth-order valence-electron chi connectivity index (χ4n) is 2.84. The lowest BCUT2D eigenvalue weighted by atomic mass is 10.2. The Morgan fingerprint density at radius 3 is 2.69 bits per heavy atom. The van der Waals surface area contributed by atoms with E-state index < -0.39 is 0 Å². The number of nitrogens with zero attached hydrogens (tertiary/aromatic N) is 1. The number of hydrogen-bond acceptors (Lipinski definition) is 3. The summed E-state index contributed by atoms with van der Waals surface area (Å²) < 4.78 is 14.3. The Labute approximate surface area is 171 Å². The van der Waals surface area contributed by atoms with Gasteiger partial charge in [0.05, 0.1) is 10.2 Å². The topological polar surface area (TPSA) is 54.0 Å². The van der Waals surface area contributed by atoms with Crippen LogP contribution in [0.4, 0.5) is 14.9 Å². The number of rotatable bonds is 4. The molecule has 3 aromatic carbocycles. The molecule has 1 aromatic heterocycles. The molecular weight excluding hydrogens is 385 g/mol. The van der Waals surface area contributed by atoms with E-state index in [0.717, 1.165) is 20.8 Å². The number of nitrogens with one attached hydrogen (secondary N) is 2. The number of aromatic nitrogens is 1. The number of carbonyl (C=O) groups excluding carboxylic acids is 1. The van der Waals surface area contributed by atoms with Gasteiger partial charge in [0, 0.05) is 17.5 Å². The molecule has 0 saturated carbocycles. The van der Waals surface area contributed by atoms with Crippen molar-refractivity contribution in [2.45, 2.75) is 6.92 Å². The van der Waals surface area contributed by atoms with Gasteiger partial charge >= 0.3 is 6.03 Å². The molecule has 0 saturated heterocycles. The van der Waals surface area contributed by atoms with E-state index in [4.69, 9.17) is 0 Å². The molecule has 0 bridgehead atoms. The van der Waals surface area contributed by atoms with Gasteiger partial charge in [0.2, 0.25) is 0 Å². The zero-order valence-electron chi connectivity index (χ0n) is 15.6. The molecule has 4 rings (SSSR count). The van der Waals surface area contributed by atoms with E-state index in [9.17, 15) is 9.18 Å². The van der Waals surface area contributed by atoms with E-state index in [-0.39, 0.29) is 11.8 Å². The normalized spacial score (nSPS) is 11.1. The highest BCUT2D eigenvalue weighted by Gasteiger charge is 2.07. The zero-order chi connectivity index (χ0) is 20.2. The van der Waals surface area contributed by atoms with Crippen LogP contribution in [0.2, 0.25) is 0 Å². The summed E-state index contributed by atoms with van der Waals surface area (Å²) in [5, 5.41) is 6.31. The maximum absolute atomic E-state index is 13.1. The van der Waals surface area contributed by atoms with Crippen LogP contribution in [0.5, 0.6) is 0 Å². The summed E-state index contributed by atoms with van der Waals surface area (Å²) in [7, 11) is 0. The maximum Gasteiger partial charge on any atom is 0.323 e. The summed E-state index contributed by atoms with van der Waals surface area (Å²) in [5.41, 5.74) is 4.54. The number of fused-ring (bicyclic) bond motifs is 1. The quantitative estimate of drug-likeness (QED) is 0.426. The van der Waals surface area contributed by atoms with Gasteiger partial charge in [-0.25, -0.2) is 14.2 Å². The molecule has 1 heterocycles. The second-order valence-electron chi connectivity index (χ2n) is 6.55. The van der Waals surface area contributed by atoms with Gasteiger partial charge in [-0.3, -0.25) is 0 Å². The summed E-state index contributed by atoms with van der Waals surface area (Å²) in [5.74, 6) is -0.319. The lowest BCUT2D eigenvalue weighted by Gasteiger charge is -2.05. The Balaban J connectivity index is 1.39. The number of aryl methyl sites for hydroxylation is 1. The Morgan fingerprint density at radius 2 is 1.90 bits per heavy atom. The predicted molar refractivity (Wildman–Crippen MR) is 117 cm³/mol.